The Labute approximate surface area is 213 Å². The predicted molar refractivity (Wildman–Crippen MR) is 132 cm³/mol. The molecule has 4 fully saturated rings. The third-order valence-electron chi connectivity index (χ3n) is 7.81. The van der Waals surface area contributed by atoms with Crippen LogP contribution in [0, 0.1) is 12.3 Å². The highest BCUT2D eigenvalue weighted by atomic mass is 35.5. The summed E-state index contributed by atoms with van der Waals surface area (Å²) >= 11 is 14.5. The molecule has 3 heterocycles. The minimum atomic E-state index is -0.0965. The molecular weight excluding hydrogens is 493 g/mol. The Morgan fingerprint density at radius 2 is 1.79 bits per heavy atom. The topological polar surface area (TPSA) is 70.3 Å². The minimum absolute atomic E-state index is 0.0965. The highest BCUT2D eigenvalue weighted by Crippen LogP contribution is 2.55. The largest absolute Gasteiger partial charge is 0.469 e. The van der Waals surface area contributed by atoms with Crippen LogP contribution in [0.4, 0.5) is 0 Å². The summed E-state index contributed by atoms with van der Waals surface area (Å²) in [5.41, 5.74) is 3.50. The standard InChI is InChI=1S/C25H27Cl2N3O3S/c1-15-13-34-23(29-15)31-14-24-4-7-25(8-5-24,9-6-24)32-12-17-21(30-33-22(17)16-2-3-16)20-18(26)10-28-11-19(20)27/h10-11,13,16H,2-9,12,14H2,1H3. The number of hydrogen-bond donors (Lipinski definition) is 0. The van der Waals surface area contributed by atoms with Gasteiger partial charge in [-0.3, -0.25) is 4.98 Å². The van der Waals surface area contributed by atoms with Gasteiger partial charge >= 0.3 is 0 Å². The molecule has 34 heavy (non-hydrogen) atoms. The fourth-order valence-corrected chi connectivity index (χ4v) is 6.65. The molecule has 180 valence electrons. The summed E-state index contributed by atoms with van der Waals surface area (Å²) in [4.78, 5) is 8.53. The Bertz CT molecular complexity index is 1160. The molecule has 3 aromatic rings. The zero-order chi connectivity index (χ0) is 23.3. The molecule has 0 N–H and O–H groups in total. The average molecular weight is 520 g/mol. The van der Waals surface area contributed by atoms with E-state index in [4.69, 9.17) is 37.2 Å². The van der Waals surface area contributed by atoms with E-state index in [0.717, 1.165) is 80.2 Å². The van der Waals surface area contributed by atoms with Crippen LogP contribution in [0.5, 0.6) is 5.19 Å². The minimum Gasteiger partial charge on any atom is -0.469 e. The van der Waals surface area contributed by atoms with Gasteiger partial charge in [0.2, 0.25) is 0 Å². The zero-order valence-electron chi connectivity index (χ0n) is 19.1. The zero-order valence-corrected chi connectivity index (χ0v) is 21.4. The molecule has 0 radical (unpaired) electrons. The van der Waals surface area contributed by atoms with Crippen LogP contribution >= 0.6 is 34.5 Å². The first-order valence-electron chi connectivity index (χ1n) is 11.9. The summed E-state index contributed by atoms with van der Waals surface area (Å²) in [7, 11) is 0. The number of ether oxygens (including phenoxy) is 2. The van der Waals surface area contributed by atoms with E-state index in [9.17, 15) is 0 Å². The molecule has 0 atom stereocenters. The smallest absolute Gasteiger partial charge is 0.273 e. The second-order valence-electron chi connectivity index (χ2n) is 10.1. The quantitative estimate of drug-likeness (QED) is 0.309. The first-order chi connectivity index (χ1) is 16.5. The van der Waals surface area contributed by atoms with Gasteiger partial charge in [-0.1, -0.05) is 39.7 Å². The number of aryl methyl sites for hydroxylation is 1. The van der Waals surface area contributed by atoms with Gasteiger partial charge < -0.3 is 14.0 Å². The number of halogens is 2. The van der Waals surface area contributed by atoms with E-state index in [2.05, 4.69) is 15.1 Å². The summed E-state index contributed by atoms with van der Waals surface area (Å²) < 4.78 is 18.6. The van der Waals surface area contributed by atoms with Crippen molar-refractivity contribution in [1.82, 2.24) is 15.1 Å². The van der Waals surface area contributed by atoms with E-state index in [1.54, 1.807) is 23.7 Å². The van der Waals surface area contributed by atoms with Crippen LogP contribution in [-0.2, 0) is 11.3 Å². The Balaban J connectivity index is 1.16. The van der Waals surface area contributed by atoms with Crippen molar-refractivity contribution in [2.24, 2.45) is 5.41 Å². The summed E-state index contributed by atoms with van der Waals surface area (Å²) in [6.07, 6.45) is 11.9. The Kier molecular flexibility index (Phi) is 5.87. The maximum atomic E-state index is 6.72. The molecule has 2 bridgehead atoms. The van der Waals surface area contributed by atoms with Gasteiger partial charge in [0, 0.05) is 40.2 Å². The first kappa shape index (κ1) is 22.8. The van der Waals surface area contributed by atoms with E-state index >= 15 is 0 Å². The lowest BCUT2D eigenvalue weighted by molar-refractivity contribution is -0.150. The molecule has 4 saturated carbocycles. The third-order valence-corrected chi connectivity index (χ3v) is 9.26. The van der Waals surface area contributed by atoms with Gasteiger partial charge in [0.05, 0.1) is 34.6 Å². The van der Waals surface area contributed by atoms with Crippen molar-refractivity contribution in [3.05, 3.63) is 44.8 Å². The Morgan fingerprint density at radius 1 is 1.09 bits per heavy atom. The number of aromatic nitrogens is 3. The lowest BCUT2D eigenvalue weighted by Crippen LogP contribution is -2.49. The molecule has 0 aromatic carbocycles. The molecule has 4 aliphatic rings. The number of pyridine rings is 1. The van der Waals surface area contributed by atoms with E-state index in [-0.39, 0.29) is 11.0 Å². The number of nitrogens with zero attached hydrogens (tertiary/aromatic N) is 3. The van der Waals surface area contributed by atoms with E-state index in [0.29, 0.717) is 33.8 Å². The molecule has 0 saturated heterocycles. The number of thiazole rings is 1. The van der Waals surface area contributed by atoms with Crippen LogP contribution in [0.1, 0.15) is 74.3 Å². The van der Waals surface area contributed by atoms with Crippen LogP contribution in [-0.4, -0.2) is 27.3 Å². The van der Waals surface area contributed by atoms with E-state index in [1.807, 2.05) is 12.3 Å². The lowest BCUT2D eigenvalue weighted by atomic mass is 9.59. The molecule has 0 amide bonds. The lowest BCUT2D eigenvalue weighted by Gasteiger charge is -2.52. The maximum Gasteiger partial charge on any atom is 0.273 e. The van der Waals surface area contributed by atoms with Gasteiger partial charge in [0.25, 0.3) is 5.19 Å². The second kappa shape index (κ2) is 8.77. The molecule has 0 unspecified atom stereocenters. The van der Waals surface area contributed by atoms with Crippen molar-refractivity contribution >= 4 is 34.5 Å². The summed E-state index contributed by atoms with van der Waals surface area (Å²) in [6, 6.07) is 0. The maximum absolute atomic E-state index is 6.72. The predicted octanol–water partition coefficient (Wildman–Crippen LogP) is 7.37. The SMILES string of the molecule is Cc1csc(OCC23CCC(OCc4c(-c5c(Cl)cncc5Cl)noc4C4CC4)(CC2)CC3)n1. The van der Waals surface area contributed by atoms with E-state index < -0.39 is 0 Å². The molecular formula is C25H27Cl2N3O3S. The molecule has 0 aliphatic heterocycles. The Hall–Kier alpha value is -1.67. The first-order valence-corrected chi connectivity index (χ1v) is 13.6. The third kappa shape index (κ3) is 4.25. The summed E-state index contributed by atoms with van der Waals surface area (Å²) in [5.74, 6) is 1.33. The van der Waals surface area contributed by atoms with Crippen LogP contribution in [0.3, 0.4) is 0 Å². The average Bonchev–Trinajstić information content (AvgIpc) is 3.47. The number of fused-ring (bicyclic) bond motifs is 3. The number of rotatable bonds is 8. The van der Waals surface area contributed by atoms with Gasteiger partial charge in [-0.15, -0.1) is 0 Å². The van der Waals surface area contributed by atoms with E-state index in [1.165, 1.54) is 0 Å². The van der Waals surface area contributed by atoms with Crippen molar-refractivity contribution in [2.75, 3.05) is 6.61 Å². The van der Waals surface area contributed by atoms with Crippen molar-refractivity contribution in [2.45, 2.75) is 76.4 Å². The molecule has 4 aliphatic carbocycles. The summed E-state index contributed by atoms with van der Waals surface area (Å²) in [6.45, 7) is 3.21. The van der Waals surface area contributed by atoms with Crippen molar-refractivity contribution in [3.63, 3.8) is 0 Å². The van der Waals surface area contributed by atoms with Crippen LogP contribution in [0.15, 0.2) is 22.3 Å². The van der Waals surface area contributed by atoms with Crippen molar-refractivity contribution in [3.8, 4) is 16.5 Å². The van der Waals surface area contributed by atoms with Crippen LogP contribution < -0.4 is 4.74 Å². The molecule has 9 heteroatoms. The fourth-order valence-electron chi connectivity index (χ4n) is 5.46. The van der Waals surface area contributed by atoms with Crippen LogP contribution in [0.25, 0.3) is 11.3 Å². The van der Waals surface area contributed by atoms with Gasteiger partial charge in [-0.25, -0.2) is 4.98 Å². The van der Waals surface area contributed by atoms with Crippen molar-refractivity contribution < 1.29 is 14.0 Å². The Morgan fingerprint density at radius 3 is 2.41 bits per heavy atom. The normalized spacial score (nSPS) is 26.2. The molecule has 0 spiro atoms. The fraction of sp³-hybridized carbons (Fsp3) is 0.560. The monoisotopic (exact) mass is 519 g/mol. The highest BCUT2D eigenvalue weighted by Gasteiger charge is 2.50. The second-order valence-corrected chi connectivity index (χ2v) is 11.8. The van der Waals surface area contributed by atoms with Gasteiger partial charge in [-0.2, -0.15) is 0 Å². The van der Waals surface area contributed by atoms with Gasteiger partial charge in [0.15, 0.2) is 0 Å². The summed E-state index contributed by atoms with van der Waals surface area (Å²) in [5, 5.41) is 8.15. The van der Waals surface area contributed by atoms with Crippen LogP contribution in [0.2, 0.25) is 10.0 Å². The molecule has 7 rings (SSSR count). The van der Waals surface area contributed by atoms with Gasteiger partial charge in [-0.05, 0) is 58.3 Å². The molecule has 3 aromatic heterocycles. The highest BCUT2D eigenvalue weighted by molar-refractivity contribution is 7.11. The molecule has 6 nitrogen and oxygen atoms in total. The van der Waals surface area contributed by atoms with Gasteiger partial charge in [0.1, 0.15) is 11.5 Å². The number of hydrogen-bond acceptors (Lipinski definition) is 7. The van der Waals surface area contributed by atoms with Crippen molar-refractivity contribution in [1.29, 1.82) is 0 Å².